The Hall–Kier alpha value is -2.14. The van der Waals surface area contributed by atoms with Gasteiger partial charge in [0, 0.05) is 11.9 Å². The molecule has 0 spiro atoms. The largest absolute Gasteiger partial charge is 0.422 e. The summed E-state index contributed by atoms with van der Waals surface area (Å²) in [6.45, 7) is 2.07. The Labute approximate surface area is 116 Å². The highest BCUT2D eigenvalue weighted by Gasteiger charge is 2.14. The molecule has 0 aliphatic carbocycles. The zero-order valence-corrected chi connectivity index (χ0v) is 11.3. The van der Waals surface area contributed by atoms with Crippen LogP contribution < -0.4 is 10.9 Å². The van der Waals surface area contributed by atoms with Crippen molar-refractivity contribution >= 4 is 16.9 Å². The van der Waals surface area contributed by atoms with Gasteiger partial charge in [0.2, 0.25) is 0 Å². The zero-order valence-electron chi connectivity index (χ0n) is 11.3. The third kappa shape index (κ3) is 3.24. The lowest BCUT2D eigenvalue weighted by atomic mass is 10.1. The lowest BCUT2D eigenvalue weighted by Crippen LogP contribution is -2.34. The second-order valence-electron chi connectivity index (χ2n) is 4.64. The van der Waals surface area contributed by atoms with Gasteiger partial charge < -0.3 is 14.8 Å². The van der Waals surface area contributed by atoms with Crippen LogP contribution >= 0.6 is 0 Å². The number of carbonyl (C=O) groups excluding carboxylic acids is 1. The summed E-state index contributed by atoms with van der Waals surface area (Å²) in [5.74, 6) is -0.528. The van der Waals surface area contributed by atoms with Gasteiger partial charge in [0.25, 0.3) is 5.91 Å². The molecule has 1 amide bonds. The first-order valence-corrected chi connectivity index (χ1v) is 6.61. The first-order chi connectivity index (χ1) is 9.61. The number of fused-ring (bicyclic) bond motifs is 1. The molecule has 5 nitrogen and oxygen atoms in total. The maximum atomic E-state index is 11.9. The first kappa shape index (κ1) is 14.3. The smallest absolute Gasteiger partial charge is 0.349 e. The van der Waals surface area contributed by atoms with Gasteiger partial charge in [-0.1, -0.05) is 31.5 Å². The second-order valence-corrected chi connectivity index (χ2v) is 4.64. The quantitative estimate of drug-likeness (QED) is 0.814. The van der Waals surface area contributed by atoms with Gasteiger partial charge >= 0.3 is 5.63 Å². The molecule has 20 heavy (non-hydrogen) atoms. The van der Waals surface area contributed by atoms with Crippen LogP contribution in [-0.4, -0.2) is 23.7 Å². The minimum Gasteiger partial charge on any atom is -0.422 e. The van der Waals surface area contributed by atoms with E-state index in [1.54, 1.807) is 24.3 Å². The zero-order chi connectivity index (χ0) is 14.5. The standard InChI is InChI=1S/C15H17NO4/c1-2-5-11(17)9-16-14(18)12-8-10-6-3-4-7-13(10)20-15(12)19/h3-4,6-8,11,17H,2,5,9H2,1H3,(H,16,18). The molecule has 2 N–H and O–H groups in total. The van der Waals surface area contributed by atoms with Crippen LogP contribution in [0.25, 0.3) is 11.0 Å². The number of amides is 1. The van der Waals surface area contributed by atoms with Crippen molar-refractivity contribution in [3.05, 3.63) is 46.3 Å². The van der Waals surface area contributed by atoms with E-state index >= 15 is 0 Å². The number of hydrogen-bond donors (Lipinski definition) is 2. The van der Waals surface area contributed by atoms with E-state index in [2.05, 4.69) is 5.32 Å². The molecule has 0 saturated carbocycles. The molecule has 0 fully saturated rings. The van der Waals surface area contributed by atoms with Gasteiger partial charge in [-0.05, 0) is 18.6 Å². The van der Waals surface area contributed by atoms with E-state index < -0.39 is 17.6 Å². The van der Waals surface area contributed by atoms with Crippen LogP contribution in [0.4, 0.5) is 0 Å². The third-order valence-corrected chi connectivity index (χ3v) is 3.01. The summed E-state index contributed by atoms with van der Waals surface area (Å²) in [5, 5.41) is 12.8. The fraction of sp³-hybridized carbons (Fsp3) is 0.333. The fourth-order valence-electron chi connectivity index (χ4n) is 1.96. The minimum atomic E-state index is -0.675. The van der Waals surface area contributed by atoms with Crippen LogP contribution in [0.15, 0.2) is 39.5 Å². The molecule has 1 unspecified atom stereocenters. The maximum Gasteiger partial charge on any atom is 0.349 e. The highest BCUT2D eigenvalue weighted by molar-refractivity contribution is 5.96. The van der Waals surface area contributed by atoms with Crippen molar-refractivity contribution < 1.29 is 14.3 Å². The predicted molar refractivity (Wildman–Crippen MR) is 75.7 cm³/mol. The van der Waals surface area contributed by atoms with Gasteiger partial charge in [-0.2, -0.15) is 0 Å². The van der Waals surface area contributed by atoms with Crippen LogP contribution in [0.2, 0.25) is 0 Å². The molecule has 5 heteroatoms. The molecule has 0 saturated heterocycles. The van der Waals surface area contributed by atoms with E-state index in [1.807, 2.05) is 6.92 Å². The summed E-state index contributed by atoms with van der Waals surface area (Å²) < 4.78 is 5.09. The van der Waals surface area contributed by atoms with Crippen LogP contribution in [-0.2, 0) is 0 Å². The number of para-hydroxylation sites is 1. The molecule has 2 rings (SSSR count). The van der Waals surface area contributed by atoms with E-state index in [4.69, 9.17) is 4.42 Å². The van der Waals surface area contributed by atoms with Gasteiger partial charge in [0.15, 0.2) is 0 Å². The average Bonchev–Trinajstić information content (AvgIpc) is 2.44. The van der Waals surface area contributed by atoms with Crippen LogP contribution in [0, 0.1) is 0 Å². The minimum absolute atomic E-state index is 0.0487. The predicted octanol–water partition coefficient (Wildman–Crippen LogP) is 1.68. The highest BCUT2D eigenvalue weighted by atomic mass is 16.4. The Kier molecular flexibility index (Phi) is 4.53. The Morgan fingerprint density at radius 3 is 2.90 bits per heavy atom. The van der Waals surface area contributed by atoms with E-state index in [0.29, 0.717) is 17.4 Å². The molecule has 1 aromatic carbocycles. The normalized spacial score (nSPS) is 12.3. The summed E-state index contributed by atoms with van der Waals surface area (Å²) in [4.78, 5) is 23.7. The molecule has 0 radical (unpaired) electrons. The monoisotopic (exact) mass is 275 g/mol. The summed E-state index contributed by atoms with van der Waals surface area (Å²) in [7, 11) is 0. The van der Waals surface area contributed by atoms with E-state index in [-0.39, 0.29) is 12.1 Å². The molecular weight excluding hydrogens is 258 g/mol. The topological polar surface area (TPSA) is 79.5 Å². The number of hydrogen-bond acceptors (Lipinski definition) is 4. The second kappa shape index (κ2) is 6.34. The van der Waals surface area contributed by atoms with Crippen molar-refractivity contribution in [2.24, 2.45) is 0 Å². The highest BCUT2D eigenvalue weighted by Crippen LogP contribution is 2.12. The van der Waals surface area contributed by atoms with Gasteiger partial charge in [-0.3, -0.25) is 4.79 Å². The van der Waals surface area contributed by atoms with E-state index in [9.17, 15) is 14.7 Å². The van der Waals surface area contributed by atoms with Gasteiger partial charge in [0.05, 0.1) is 6.10 Å². The van der Waals surface area contributed by atoms with Crippen molar-refractivity contribution in [1.82, 2.24) is 5.32 Å². The molecule has 1 heterocycles. The summed E-state index contributed by atoms with van der Waals surface area (Å²) >= 11 is 0. The van der Waals surface area contributed by atoms with Crippen molar-refractivity contribution in [2.45, 2.75) is 25.9 Å². The van der Waals surface area contributed by atoms with Crippen LogP contribution in [0.3, 0.4) is 0 Å². The Morgan fingerprint density at radius 1 is 1.40 bits per heavy atom. The molecule has 0 aliphatic rings. The molecule has 2 aromatic rings. The van der Waals surface area contributed by atoms with Gasteiger partial charge in [0.1, 0.15) is 11.1 Å². The van der Waals surface area contributed by atoms with Crippen LogP contribution in [0.1, 0.15) is 30.1 Å². The Morgan fingerprint density at radius 2 is 2.15 bits per heavy atom. The maximum absolute atomic E-state index is 11.9. The summed E-state index contributed by atoms with van der Waals surface area (Å²) in [5.41, 5.74) is -0.279. The van der Waals surface area contributed by atoms with E-state index in [1.165, 1.54) is 6.07 Å². The first-order valence-electron chi connectivity index (χ1n) is 6.61. The molecule has 0 bridgehead atoms. The number of benzene rings is 1. The third-order valence-electron chi connectivity index (χ3n) is 3.01. The summed E-state index contributed by atoms with van der Waals surface area (Å²) in [6.07, 6.45) is 0.832. The number of rotatable bonds is 5. The Balaban J connectivity index is 2.17. The summed E-state index contributed by atoms with van der Waals surface area (Å²) in [6, 6.07) is 8.49. The van der Waals surface area contributed by atoms with Crippen LogP contribution in [0.5, 0.6) is 0 Å². The molecule has 1 atom stereocenters. The number of aliphatic hydroxyl groups is 1. The van der Waals surface area contributed by atoms with Crippen molar-refractivity contribution in [3.63, 3.8) is 0 Å². The lowest BCUT2D eigenvalue weighted by molar-refractivity contribution is 0.0906. The van der Waals surface area contributed by atoms with Gasteiger partial charge in [-0.15, -0.1) is 0 Å². The molecule has 106 valence electrons. The average molecular weight is 275 g/mol. The van der Waals surface area contributed by atoms with Crippen molar-refractivity contribution in [3.8, 4) is 0 Å². The molecule has 1 aromatic heterocycles. The SMILES string of the molecule is CCCC(O)CNC(=O)c1cc2ccccc2oc1=O. The number of nitrogens with one attached hydrogen (secondary N) is 1. The van der Waals surface area contributed by atoms with E-state index in [0.717, 1.165) is 6.42 Å². The molecule has 0 aliphatic heterocycles. The molecular formula is C15H17NO4. The lowest BCUT2D eigenvalue weighted by Gasteiger charge is -2.10. The Bertz CT molecular complexity index is 662. The van der Waals surface area contributed by atoms with Crippen molar-refractivity contribution in [1.29, 1.82) is 0 Å². The number of aliphatic hydroxyl groups excluding tert-OH is 1. The number of carbonyl (C=O) groups is 1. The fourth-order valence-corrected chi connectivity index (χ4v) is 1.96. The van der Waals surface area contributed by atoms with Crippen molar-refractivity contribution in [2.75, 3.05) is 6.54 Å². The van der Waals surface area contributed by atoms with Gasteiger partial charge in [-0.25, -0.2) is 4.79 Å².